The standard InChI is InChI=1S/C17H19ClFNO/c1-3-21-14-6-4-5-13(11-14)17(20-2)10-12-7-8-15(18)16(19)9-12/h4-9,11,17,20H,3,10H2,1-2H3. The molecule has 1 N–H and O–H groups in total. The molecule has 0 bridgehead atoms. The Morgan fingerprint density at radius 3 is 2.71 bits per heavy atom. The molecule has 112 valence electrons. The Balaban J connectivity index is 2.19. The van der Waals surface area contributed by atoms with Gasteiger partial charge in [-0.25, -0.2) is 4.39 Å². The number of likely N-dealkylation sites (N-methyl/N-ethyl adjacent to an activating group) is 1. The Morgan fingerprint density at radius 2 is 2.05 bits per heavy atom. The minimum Gasteiger partial charge on any atom is -0.494 e. The Bertz CT molecular complexity index is 603. The maximum absolute atomic E-state index is 13.5. The molecule has 2 rings (SSSR count). The molecule has 2 aromatic carbocycles. The van der Waals surface area contributed by atoms with E-state index in [2.05, 4.69) is 5.32 Å². The first-order valence-electron chi connectivity index (χ1n) is 6.98. The number of rotatable bonds is 6. The largest absolute Gasteiger partial charge is 0.494 e. The summed E-state index contributed by atoms with van der Waals surface area (Å²) < 4.78 is 19.0. The summed E-state index contributed by atoms with van der Waals surface area (Å²) in [6.45, 7) is 2.59. The lowest BCUT2D eigenvalue weighted by molar-refractivity contribution is 0.339. The number of hydrogen-bond donors (Lipinski definition) is 1. The average molecular weight is 308 g/mol. The van der Waals surface area contributed by atoms with Crippen LogP contribution in [0, 0.1) is 5.82 Å². The van der Waals surface area contributed by atoms with E-state index in [4.69, 9.17) is 16.3 Å². The van der Waals surface area contributed by atoms with Crippen LogP contribution in [0.4, 0.5) is 4.39 Å². The van der Waals surface area contributed by atoms with Crippen LogP contribution in [-0.4, -0.2) is 13.7 Å². The third-order valence-corrected chi connectivity index (χ3v) is 3.65. The number of hydrogen-bond acceptors (Lipinski definition) is 2. The summed E-state index contributed by atoms with van der Waals surface area (Å²) in [5, 5.41) is 3.41. The van der Waals surface area contributed by atoms with Crippen molar-refractivity contribution in [3.8, 4) is 5.75 Å². The zero-order chi connectivity index (χ0) is 15.2. The van der Waals surface area contributed by atoms with Crippen LogP contribution in [0.1, 0.15) is 24.1 Å². The Morgan fingerprint density at radius 1 is 1.24 bits per heavy atom. The molecule has 0 fully saturated rings. The summed E-state index contributed by atoms with van der Waals surface area (Å²) in [7, 11) is 1.89. The van der Waals surface area contributed by atoms with Crippen LogP contribution >= 0.6 is 11.6 Å². The van der Waals surface area contributed by atoms with Gasteiger partial charge in [-0.2, -0.15) is 0 Å². The molecule has 2 aromatic rings. The van der Waals surface area contributed by atoms with Gasteiger partial charge in [0.1, 0.15) is 11.6 Å². The van der Waals surface area contributed by atoms with Crippen LogP contribution in [-0.2, 0) is 6.42 Å². The van der Waals surface area contributed by atoms with Crippen molar-refractivity contribution in [2.24, 2.45) is 0 Å². The monoisotopic (exact) mass is 307 g/mol. The second kappa shape index (κ2) is 7.43. The number of ether oxygens (including phenoxy) is 1. The first kappa shape index (κ1) is 15.8. The van der Waals surface area contributed by atoms with E-state index in [1.807, 2.05) is 44.3 Å². The molecule has 0 aliphatic carbocycles. The zero-order valence-corrected chi connectivity index (χ0v) is 13.0. The molecule has 0 aromatic heterocycles. The topological polar surface area (TPSA) is 21.3 Å². The lowest BCUT2D eigenvalue weighted by Crippen LogP contribution is -2.19. The highest BCUT2D eigenvalue weighted by molar-refractivity contribution is 6.30. The summed E-state index contributed by atoms with van der Waals surface area (Å²) in [6.07, 6.45) is 0.681. The number of nitrogens with one attached hydrogen (secondary N) is 1. The van der Waals surface area contributed by atoms with Crippen molar-refractivity contribution >= 4 is 11.6 Å². The normalized spacial score (nSPS) is 12.2. The van der Waals surface area contributed by atoms with Gasteiger partial charge in [0, 0.05) is 6.04 Å². The van der Waals surface area contributed by atoms with E-state index < -0.39 is 0 Å². The maximum Gasteiger partial charge on any atom is 0.142 e. The third kappa shape index (κ3) is 4.19. The van der Waals surface area contributed by atoms with Crippen molar-refractivity contribution in [1.29, 1.82) is 0 Å². The van der Waals surface area contributed by atoms with Gasteiger partial charge >= 0.3 is 0 Å². The van der Waals surface area contributed by atoms with E-state index in [0.717, 1.165) is 16.9 Å². The van der Waals surface area contributed by atoms with Gasteiger partial charge in [0.25, 0.3) is 0 Å². The van der Waals surface area contributed by atoms with E-state index >= 15 is 0 Å². The minimum atomic E-state index is -0.382. The fourth-order valence-electron chi connectivity index (χ4n) is 2.28. The van der Waals surface area contributed by atoms with Crippen molar-refractivity contribution < 1.29 is 9.13 Å². The van der Waals surface area contributed by atoms with Crippen molar-refractivity contribution in [3.05, 3.63) is 64.4 Å². The van der Waals surface area contributed by atoms with Gasteiger partial charge in [0.05, 0.1) is 11.6 Å². The lowest BCUT2D eigenvalue weighted by atomic mass is 9.99. The SMILES string of the molecule is CCOc1cccc(C(Cc2ccc(Cl)c(F)c2)NC)c1. The molecule has 0 spiro atoms. The maximum atomic E-state index is 13.5. The molecule has 0 aliphatic heterocycles. The lowest BCUT2D eigenvalue weighted by Gasteiger charge is -2.18. The molecule has 21 heavy (non-hydrogen) atoms. The molecule has 2 nitrogen and oxygen atoms in total. The quantitative estimate of drug-likeness (QED) is 0.855. The van der Waals surface area contributed by atoms with Crippen LogP contribution < -0.4 is 10.1 Å². The average Bonchev–Trinajstić information content (AvgIpc) is 2.49. The summed E-state index contributed by atoms with van der Waals surface area (Å²) in [5.74, 6) is 0.463. The van der Waals surface area contributed by atoms with Crippen LogP contribution in [0.15, 0.2) is 42.5 Å². The van der Waals surface area contributed by atoms with Gasteiger partial charge in [0.15, 0.2) is 0 Å². The molecule has 1 unspecified atom stereocenters. The predicted octanol–water partition coefficient (Wildman–Crippen LogP) is 4.38. The summed E-state index contributed by atoms with van der Waals surface area (Å²) >= 11 is 5.72. The molecular weight excluding hydrogens is 289 g/mol. The fourth-order valence-corrected chi connectivity index (χ4v) is 2.39. The van der Waals surface area contributed by atoms with Gasteiger partial charge in [-0.1, -0.05) is 29.8 Å². The van der Waals surface area contributed by atoms with Gasteiger partial charge in [-0.15, -0.1) is 0 Å². The van der Waals surface area contributed by atoms with E-state index in [1.54, 1.807) is 6.07 Å². The Labute approximate surface area is 129 Å². The third-order valence-electron chi connectivity index (χ3n) is 3.34. The Kier molecular flexibility index (Phi) is 5.59. The number of halogens is 2. The molecule has 0 radical (unpaired) electrons. The summed E-state index contributed by atoms with van der Waals surface area (Å²) in [6, 6.07) is 13.0. The van der Waals surface area contributed by atoms with Gasteiger partial charge in [0.2, 0.25) is 0 Å². The van der Waals surface area contributed by atoms with Crippen LogP contribution in [0.3, 0.4) is 0 Å². The second-order valence-electron chi connectivity index (χ2n) is 4.80. The molecule has 1 atom stereocenters. The second-order valence-corrected chi connectivity index (χ2v) is 5.21. The summed E-state index contributed by atoms with van der Waals surface area (Å²) in [5.41, 5.74) is 2.01. The fraction of sp³-hybridized carbons (Fsp3) is 0.294. The highest BCUT2D eigenvalue weighted by Crippen LogP contribution is 2.24. The minimum absolute atomic E-state index is 0.0889. The van der Waals surface area contributed by atoms with Gasteiger partial charge < -0.3 is 10.1 Å². The van der Waals surface area contributed by atoms with Crippen molar-refractivity contribution in [1.82, 2.24) is 5.32 Å². The highest BCUT2D eigenvalue weighted by Gasteiger charge is 2.12. The number of benzene rings is 2. The van der Waals surface area contributed by atoms with Gasteiger partial charge in [-0.3, -0.25) is 0 Å². The van der Waals surface area contributed by atoms with Crippen LogP contribution in [0.25, 0.3) is 0 Å². The molecular formula is C17H19ClFNO. The first-order chi connectivity index (χ1) is 10.1. The van der Waals surface area contributed by atoms with Crippen molar-refractivity contribution in [2.45, 2.75) is 19.4 Å². The molecule has 0 amide bonds. The highest BCUT2D eigenvalue weighted by atomic mass is 35.5. The van der Waals surface area contributed by atoms with E-state index in [9.17, 15) is 4.39 Å². The van der Waals surface area contributed by atoms with Crippen molar-refractivity contribution in [3.63, 3.8) is 0 Å². The van der Waals surface area contributed by atoms with E-state index in [1.165, 1.54) is 6.07 Å². The van der Waals surface area contributed by atoms with Gasteiger partial charge in [-0.05, 0) is 55.8 Å². The molecule has 0 saturated heterocycles. The van der Waals surface area contributed by atoms with Crippen LogP contribution in [0.5, 0.6) is 5.75 Å². The predicted molar refractivity (Wildman–Crippen MR) is 84.5 cm³/mol. The molecule has 0 saturated carbocycles. The first-order valence-corrected chi connectivity index (χ1v) is 7.35. The smallest absolute Gasteiger partial charge is 0.142 e. The zero-order valence-electron chi connectivity index (χ0n) is 12.2. The van der Waals surface area contributed by atoms with Crippen LogP contribution in [0.2, 0.25) is 5.02 Å². The Hall–Kier alpha value is -1.58. The molecule has 4 heteroatoms. The molecule has 0 heterocycles. The summed E-state index contributed by atoms with van der Waals surface area (Å²) in [4.78, 5) is 0. The molecule has 0 aliphatic rings. The van der Waals surface area contributed by atoms with E-state index in [-0.39, 0.29) is 16.9 Å². The van der Waals surface area contributed by atoms with E-state index in [0.29, 0.717) is 13.0 Å². The van der Waals surface area contributed by atoms with Crippen molar-refractivity contribution in [2.75, 3.05) is 13.7 Å².